The van der Waals surface area contributed by atoms with E-state index in [9.17, 15) is 10.2 Å². The molecule has 0 amide bonds. The Hall–Kier alpha value is -0.120. The smallest absolute Gasteiger partial charge is 0.0799 e. The van der Waals surface area contributed by atoms with E-state index >= 15 is 0 Å². The van der Waals surface area contributed by atoms with E-state index in [1.807, 2.05) is 0 Å². The van der Waals surface area contributed by atoms with Crippen LogP contribution in [0.3, 0.4) is 0 Å². The van der Waals surface area contributed by atoms with Crippen LogP contribution in [0.1, 0.15) is 142 Å². The molecule has 0 aliphatic heterocycles. The molecule has 0 rings (SSSR count). The van der Waals surface area contributed by atoms with Crippen LogP contribution < -0.4 is 0 Å². The summed E-state index contributed by atoms with van der Waals surface area (Å²) in [6.07, 6.45) is 23.1. The Kier molecular flexibility index (Phi) is 24.1. The predicted octanol–water partition coefficient (Wildman–Crippen LogP) is 7.57. The summed E-state index contributed by atoms with van der Waals surface area (Å²) in [6, 6.07) is 0. The summed E-state index contributed by atoms with van der Waals surface area (Å²) in [7, 11) is 0. The van der Waals surface area contributed by atoms with E-state index in [1.54, 1.807) is 0 Å². The largest absolute Gasteiger partial charge is 0.390 e. The molecule has 0 saturated heterocycles. The lowest BCUT2D eigenvalue weighted by atomic mass is 9.99. The van der Waals surface area contributed by atoms with Crippen molar-refractivity contribution in [3.05, 3.63) is 0 Å². The lowest BCUT2D eigenvalue weighted by Gasteiger charge is -2.17. The number of hydrogen-bond donors (Lipinski definition) is 2. The maximum absolute atomic E-state index is 10.1. The lowest BCUT2D eigenvalue weighted by molar-refractivity contribution is 0.00712. The fourth-order valence-corrected chi connectivity index (χ4v) is 3.84. The van der Waals surface area contributed by atoms with Gasteiger partial charge in [-0.05, 0) is 25.7 Å². The van der Waals surface area contributed by atoms with Gasteiger partial charge < -0.3 is 14.9 Å². The minimum absolute atomic E-state index is 0.516. The first-order valence-corrected chi connectivity index (χ1v) is 13.2. The molecule has 2 atom stereocenters. The average molecular weight is 415 g/mol. The maximum Gasteiger partial charge on any atom is 0.0799 e. The van der Waals surface area contributed by atoms with Gasteiger partial charge in [-0.25, -0.2) is 0 Å². The van der Waals surface area contributed by atoms with E-state index in [1.165, 1.54) is 103 Å². The Balaban J connectivity index is 3.24. The van der Waals surface area contributed by atoms with Crippen molar-refractivity contribution in [3.63, 3.8) is 0 Å². The van der Waals surface area contributed by atoms with E-state index in [-0.39, 0.29) is 0 Å². The Morgan fingerprint density at radius 3 is 1.24 bits per heavy atom. The Morgan fingerprint density at radius 1 is 0.448 bits per heavy atom. The van der Waals surface area contributed by atoms with Gasteiger partial charge in [0.25, 0.3) is 0 Å². The highest BCUT2D eigenvalue weighted by molar-refractivity contribution is 4.67. The van der Waals surface area contributed by atoms with Gasteiger partial charge in [-0.3, -0.25) is 0 Å². The Labute approximate surface area is 183 Å². The molecule has 0 radical (unpaired) electrons. The molecule has 0 aliphatic rings. The highest BCUT2D eigenvalue weighted by atomic mass is 16.5. The zero-order valence-electron chi connectivity index (χ0n) is 20.0. The predicted molar refractivity (Wildman–Crippen MR) is 127 cm³/mol. The van der Waals surface area contributed by atoms with Gasteiger partial charge in [-0.15, -0.1) is 0 Å². The summed E-state index contributed by atoms with van der Waals surface area (Å²) in [4.78, 5) is 0. The van der Waals surface area contributed by atoms with Gasteiger partial charge in [0.15, 0.2) is 0 Å². The van der Waals surface area contributed by atoms with Crippen molar-refractivity contribution in [2.75, 3.05) is 13.2 Å². The van der Waals surface area contributed by atoms with Crippen molar-refractivity contribution in [1.82, 2.24) is 0 Å². The van der Waals surface area contributed by atoms with Crippen LogP contribution in [0.15, 0.2) is 0 Å². The van der Waals surface area contributed by atoms with Crippen LogP contribution in [0.25, 0.3) is 0 Å². The standard InChI is InChI=1S/C26H54O3/c1-3-5-7-8-15-18-21-25(27)26(28)22-19-16-13-11-9-10-12-14-17-20-24-29-23-6-4-2/h25-28H,3-24H2,1-2H3. The zero-order valence-corrected chi connectivity index (χ0v) is 20.0. The quantitative estimate of drug-likeness (QED) is 0.160. The molecule has 29 heavy (non-hydrogen) atoms. The van der Waals surface area contributed by atoms with Gasteiger partial charge >= 0.3 is 0 Å². The molecule has 0 aromatic heterocycles. The van der Waals surface area contributed by atoms with Crippen molar-refractivity contribution >= 4 is 0 Å². The first-order valence-electron chi connectivity index (χ1n) is 13.2. The molecule has 0 heterocycles. The molecule has 176 valence electrons. The van der Waals surface area contributed by atoms with Crippen LogP contribution >= 0.6 is 0 Å². The average Bonchev–Trinajstić information content (AvgIpc) is 2.73. The molecule has 2 unspecified atom stereocenters. The SMILES string of the molecule is CCCCCCCCC(O)C(O)CCCCCCCCCCCCOCCCC. The van der Waals surface area contributed by atoms with Gasteiger partial charge in [0.1, 0.15) is 0 Å². The van der Waals surface area contributed by atoms with E-state index in [4.69, 9.17) is 4.74 Å². The second-order valence-corrected chi connectivity index (χ2v) is 8.98. The molecule has 0 aliphatic carbocycles. The van der Waals surface area contributed by atoms with Crippen molar-refractivity contribution in [2.24, 2.45) is 0 Å². The second-order valence-electron chi connectivity index (χ2n) is 8.98. The van der Waals surface area contributed by atoms with E-state index in [0.29, 0.717) is 0 Å². The number of unbranched alkanes of at least 4 members (excludes halogenated alkanes) is 15. The molecule has 3 nitrogen and oxygen atoms in total. The first kappa shape index (κ1) is 28.9. The normalized spacial score (nSPS) is 13.7. The second kappa shape index (κ2) is 24.2. The number of rotatable bonds is 24. The summed E-state index contributed by atoms with van der Waals surface area (Å²) >= 11 is 0. The number of hydrogen-bond acceptors (Lipinski definition) is 3. The minimum atomic E-state index is -0.517. The molecule has 0 fully saturated rings. The zero-order chi connectivity index (χ0) is 21.4. The van der Waals surface area contributed by atoms with Crippen molar-refractivity contribution < 1.29 is 14.9 Å². The fourth-order valence-electron chi connectivity index (χ4n) is 3.84. The van der Waals surface area contributed by atoms with Gasteiger partial charge in [0, 0.05) is 13.2 Å². The van der Waals surface area contributed by atoms with Crippen LogP contribution in [-0.2, 0) is 4.74 Å². The third-order valence-corrected chi connectivity index (χ3v) is 5.98. The minimum Gasteiger partial charge on any atom is -0.390 e. The molecule has 2 N–H and O–H groups in total. The highest BCUT2D eigenvalue weighted by Gasteiger charge is 2.15. The van der Waals surface area contributed by atoms with E-state index in [2.05, 4.69) is 13.8 Å². The maximum atomic E-state index is 10.1. The molecule has 3 heteroatoms. The summed E-state index contributed by atoms with van der Waals surface area (Å²) in [6.45, 7) is 6.31. The summed E-state index contributed by atoms with van der Waals surface area (Å²) in [5.41, 5.74) is 0. The highest BCUT2D eigenvalue weighted by Crippen LogP contribution is 2.16. The number of ether oxygens (including phenoxy) is 1. The number of aliphatic hydroxyl groups is 2. The number of aliphatic hydroxyl groups excluding tert-OH is 2. The topological polar surface area (TPSA) is 49.7 Å². The summed E-state index contributed by atoms with van der Waals surface area (Å²) < 4.78 is 5.59. The van der Waals surface area contributed by atoms with E-state index in [0.717, 1.165) is 38.9 Å². The van der Waals surface area contributed by atoms with Crippen LogP contribution in [-0.4, -0.2) is 35.6 Å². The third-order valence-electron chi connectivity index (χ3n) is 5.98. The lowest BCUT2D eigenvalue weighted by Crippen LogP contribution is -2.25. The fraction of sp³-hybridized carbons (Fsp3) is 1.00. The van der Waals surface area contributed by atoms with Gasteiger partial charge in [0.05, 0.1) is 12.2 Å². The first-order chi connectivity index (χ1) is 14.2. The van der Waals surface area contributed by atoms with Crippen molar-refractivity contribution in [2.45, 2.75) is 154 Å². The summed E-state index contributed by atoms with van der Waals surface area (Å²) in [5, 5.41) is 20.2. The molecule has 0 bridgehead atoms. The van der Waals surface area contributed by atoms with Crippen molar-refractivity contribution in [3.8, 4) is 0 Å². The van der Waals surface area contributed by atoms with Crippen LogP contribution in [0.4, 0.5) is 0 Å². The molecular weight excluding hydrogens is 360 g/mol. The van der Waals surface area contributed by atoms with E-state index < -0.39 is 12.2 Å². The van der Waals surface area contributed by atoms with Crippen LogP contribution in [0.2, 0.25) is 0 Å². The van der Waals surface area contributed by atoms with Crippen LogP contribution in [0, 0.1) is 0 Å². The summed E-state index contributed by atoms with van der Waals surface area (Å²) in [5.74, 6) is 0. The Bertz CT molecular complexity index is 296. The monoisotopic (exact) mass is 414 g/mol. The molecular formula is C26H54O3. The molecule has 0 saturated carbocycles. The van der Waals surface area contributed by atoms with Gasteiger partial charge in [-0.1, -0.05) is 117 Å². The van der Waals surface area contributed by atoms with Crippen LogP contribution in [0.5, 0.6) is 0 Å². The third kappa shape index (κ3) is 22.4. The molecule has 0 aromatic rings. The Morgan fingerprint density at radius 2 is 0.793 bits per heavy atom. The van der Waals surface area contributed by atoms with Gasteiger partial charge in [0.2, 0.25) is 0 Å². The molecule has 0 aromatic carbocycles. The van der Waals surface area contributed by atoms with Crippen molar-refractivity contribution in [1.29, 1.82) is 0 Å². The van der Waals surface area contributed by atoms with Gasteiger partial charge in [-0.2, -0.15) is 0 Å². The molecule has 0 spiro atoms.